The first-order valence-electron chi connectivity index (χ1n) is 6.72. The van der Waals surface area contributed by atoms with Crippen LogP contribution in [0.1, 0.15) is 52.4 Å². The van der Waals surface area contributed by atoms with Gasteiger partial charge in [-0.1, -0.05) is 25.6 Å². The second-order valence-electron chi connectivity index (χ2n) is 7.53. The van der Waals surface area contributed by atoms with E-state index in [1.165, 1.54) is 50.3 Å². The van der Waals surface area contributed by atoms with Gasteiger partial charge >= 0.3 is 0 Å². The Balaban J connectivity index is 1.89. The van der Waals surface area contributed by atoms with Crippen molar-refractivity contribution in [2.75, 3.05) is 6.26 Å². The van der Waals surface area contributed by atoms with E-state index in [-0.39, 0.29) is 10.8 Å². The highest BCUT2D eigenvalue weighted by molar-refractivity contribution is 8.12. The van der Waals surface area contributed by atoms with Crippen LogP contribution in [0.25, 0.3) is 0 Å². The Morgan fingerprint density at radius 3 is 2.18 bits per heavy atom. The van der Waals surface area contributed by atoms with Gasteiger partial charge in [0.1, 0.15) is 0 Å². The molecule has 1 amide bonds. The molecule has 4 aliphatic rings. The van der Waals surface area contributed by atoms with Crippen molar-refractivity contribution in [2.24, 2.45) is 16.7 Å². The number of rotatable bonds is 1. The number of nitrogens with one attached hydrogen (secondary N) is 1. The molecule has 0 heterocycles. The molecule has 2 unspecified atom stereocenters. The second-order valence-corrected chi connectivity index (χ2v) is 8.31. The number of amides is 1. The highest BCUT2D eigenvalue weighted by Gasteiger charge is 2.60. The van der Waals surface area contributed by atoms with Crippen LogP contribution in [0.5, 0.6) is 0 Å². The summed E-state index contributed by atoms with van der Waals surface area (Å²) in [6.45, 7) is 4.88. The summed E-state index contributed by atoms with van der Waals surface area (Å²) in [5.41, 5.74) is 1.10. The first-order valence-corrected chi connectivity index (χ1v) is 7.95. The van der Waals surface area contributed by atoms with E-state index < -0.39 is 0 Å². The molecule has 2 nitrogen and oxygen atoms in total. The minimum Gasteiger partial charge on any atom is -0.342 e. The predicted octanol–water partition coefficient (Wildman–Crippen LogP) is 3.81. The van der Waals surface area contributed by atoms with Gasteiger partial charge in [-0.15, -0.1) is 0 Å². The topological polar surface area (TPSA) is 29.1 Å². The van der Waals surface area contributed by atoms with E-state index in [4.69, 9.17) is 0 Å². The lowest BCUT2D eigenvalue weighted by molar-refractivity contribution is -0.112. The molecular formula is C14H23NOS. The predicted molar refractivity (Wildman–Crippen MR) is 72.2 cm³/mol. The van der Waals surface area contributed by atoms with Gasteiger partial charge in [0.15, 0.2) is 0 Å². The molecular weight excluding hydrogens is 230 g/mol. The Bertz CT molecular complexity index is 349. The lowest BCUT2D eigenvalue weighted by atomic mass is 9.43. The summed E-state index contributed by atoms with van der Waals surface area (Å²) in [5, 5.41) is 3.51. The fourth-order valence-corrected chi connectivity index (χ4v) is 6.17. The van der Waals surface area contributed by atoms with Crippen molar-refractivity contribution in [3.05, 3.63) is 0 Å². The quantitative estimate of drug-likeness (QED) is 0.770. The van der Waals surface area contributed by atoms with Gasteiger partial charge in [0.25, 0.3) is 5.24 Å². The fraction of sp³-hybridized carbons (Fsp3) is 0.929. The molecule has 1 N–H and O–H groups in total. The average Bonchev–Trinajstić information content (AvgIpc) is 2.10. The van der Waals surface area contributed by atoms with Crippen molar-refractivity contribution in [1.82, 2.24) is 5.32 Å². The molecule has 96 valence electrons. The van der Waals surface area contributed by atoms with E-state index in [1.807, 2.05) is 6.26 Å². The minimum atomic E-state index is 0.128. The van der Waals surface area contributed by atoms with Gasteiger partial charge in [-0.25, -0.2) is 0 Å². The summed E-state index contributed by atoms with van der Waals surface area (Å²) in [5.74, 6) is 0.850. The molecule has 0 saturated heterocycles. The molecule has 4 rings (SSSR count). The zero-order valence-electron chi connectivity index (χ0n) is 11.1. The molecule has 2 atom stereocenters. The molecule has 0 aromatic carbocycles. The third-order valence-corrected chi connectivity index (χ3v) is 5.65. The van der Waals surface area contributed by atoms with Gasteiger partial charge in [-0.05, 0) is 61.5 Å². The zero-order chi connectivity index (χ0) is 12.3. The molecule has 0 radical (unpaired) electrons. The normalized spacial score (nSPS) is 51.6. The van der Waals surface area contributed by atoms with Crippen molar-refractivity contribution in [2.45, 2.75) is 57.9 Å². The van der Waals surface area contributed by atoms with E-state index in [2.05, 4.69) is 19.2 Å². The standard InChI is InChI=1S/C14H23NOS/c1-12-4-10-5-13(2,7-12)9-14(6-10,8-12)15-11(16)17-3/h10H,4-9H2,1-3H3,(H,15,16). The number of hydrogen-bond donors (Lipinski definition) is 1. The molecule has 0 aromatic rings. The van der Waals surface area contributed by atoms with Crippen LogP contribution in [0.4, 0.5) is 4.79 Å². The summed E-state index contributed by atoms with van der Waals surface area (Å²) < 4.78 is 0. The second kappa shape index (κ2) is 3.43. The third-order valence-electron chi connectivity index (χ3n) is 5.18. The number of carbonyl (C=O) groups excluding carboxylic acids is 1. The lowest BCUT2D eigenvalue weighted by Gasteiger charge is -2.65. The largest absolute Gasteiger partial charge is 0.342 e. The SMILES string of the molecule is CSC(=O)NC12CC3CC(C)(CC(C)(C3)C1)C2. The Labute approximate surface area is 108 Å². The number of carbonyl (C=O) groups is 1. The molecule has 0 spiro atoms. The van der Waals surface area contributed by atoms with Gasteiger partial charge < -0.3 is 5.32 Å². The number of hydrogen-bond acceptors (Lipinski definition) is 2. The van der Waals surface area contributed by atoms with E-state index in [0.717, 1.165) is 5.92 Å². The van der Waals surface area contributed by atoms with E-state index in [0.29, 0.717) is 10.8 Å². The zero-order valence-corrected chi connectivity index (χ0v) is 12.0. The van der Waals surface area contributed by atoms with Crippen LogP contribution in [0, 0.1) is 16.7 Å². The fourth-order valence-electron chi connectivity index (χ4n) is 5.85. The van der Waals surface area contributed by atoms with Gasteiger partial charge in [0, 0.05) is 5.54 Å². The van der Waals surface area contributed by atoms with E-state index >= 15 is 0 Å². The summed E-state index contributed by atoms with van der Waals surface area (Å²) in [6, 6.07) is 0. The van der Waals surface area contributed by atoms with Crippen molar-refractivity contribution < 1.29 is 4.79 Å². The Kier molecular flexibility index (Phi) is 2.40. The van der Waals surface area contributed by atoms with Crippen LogP contribution in [-0.2, 0) is 0 Å². The van der Waals surface area contributed by atoms with Gasteiger partial charge in [-0.3, -0.25) is 4.79 Å². The average molecular weight is 253 g/mol. The third kappa shape index (κ3) is 1.91. The Morgan fingerprint density at radius 1 is 1.12 bits per heavy atom. The van der Waals surface area contributed by atoms with E-state index in [9.17, 15) is 4.79 Å². The molecule has 17 heavy (non-hydrogen) atoms. The van der Waals surface area contributed by atoms with E-state index in [1.54, 1.807) is 0 Å². The highest BCUT2D eigenvalue weighted by atomic mass is 32.2. The van der Waals surface area contributed by atoms with Crippen LogP contribution in [0.2, 0.25) is 0 Å². The maximum atomic E-state index is 11.8. The van der Waals surface area contributed by atoms with Crippen LogP contribution in [-0.4, -0.2) is 17.0 Å². The number of thioether (sulfide) groups is 1. The van der Waals surface area contributed by atoms with Crippen LogP contribution in [0.15, 0.2) is 0 Å². The maximum Gasteiger partial charge on any atom is 0.279 e. The maximum absolute atomic E-state index is 11.8. The van der Waals surface area contributed by atoms with Crippen LogP contribution >= 0.6 is 11.8 Å². The first-order chi connectivity index (χ1) is 7.86. The van der Waals surface area contributed by atoms with Crippen molar-refractivity contribution in [1.29, 1.82) is 0 Å². The Morgan fingerprint density at radius 2 is 1.71 bits per heavy atom. The summed E-state index contributed by atoms with van der Waals surface area (Å²) in [7, 11) is 0. The summed E-state index contributed by atoms with van der Waals surface area (Å²) in [6.07, 6.45) is 9.66. The van der Waals surface area contributed by atoms with Crippen molar-refractivity contribution in [3.8, 4) is 0 Å². The monoisotopic (exact) mass is 253 g/mol. The van der Waals surface area contributed by atoms with Crippen molar-refractivity contribution in [3.63, 3.8) is 0 Å². The molecule has 3 heteroatoms. The molecule has 4 bridgehead atoms. The summed E-state index contributed by atoms with van der Waals surface area (Å²) >= 11 is 1.32. The molecule has 0 aromatic heterocycles. The first kappa shape index (κ1) is 11.9. The molecule has 0 aliphatic heterocycles. The molecule has 4 saturated carbocycles. The molecule has 4 fully saturated rings. The van der Waals surface area contributed by atoms with Gasteiger partial charge in [0.2, 0.25) is 0 Å². The van der Waals surface area contributed by atoms with Gasteiger partial charge in [-0.2, -0.15) is 0 Å². The van der Waals surface area contributed by atoms with Crippen LogP contribution in [0.3, 0.4) is 0 Å². The minimum absolute atomic E-state index is 0.128. The summed E-state index contributed by atoms with van der Waals surface area (Å²) in [4.78, 5) is 11.8. The van der Waals surface area contributed by atoms with Gasteiger partial charge in [0.05, 0.1) is 0 Å². The lowest BCUT2D eigenvalue weighted by Crippen LogP contribution is -2.64. The van der Waals surface area contributed by atoms with Crippen LogP contribution < -0.4 is 5.32 Å². The Hall–Kier alpha value is -0.180. The molecule has 4 aliphatic carbocycles. The van der Waals surface area contributed by atoms with Crippen molar-refractivity contribution >= 4 is 17.0 Å². The smallest absolute Gasteiger partial charge is 0.279 e. The highest BCUT2D eigenvalue weighted by Crippen LogP contribution is 2.66.